The van der Waals surface area contributed by atoms with Crippen molar-refractivity contribution >= 4 is 48.9 Å². The van der Waals surface area contributed by atoms with E-state index in [4.69, 9.17) is 11.6 Å². The summed E-state index contributed by atoms with van der Waals surface area (Å²) >= 11 is 5.88. The van der Waals surface area contributed by atoms with Crippen LogP contribution in [-0.4, -0.2) is 52.4 Å². The van der Waals surface area contributed by atoms with Crippen molar-refractivity contribution in [2.45, 2.75) is 37.1 Å². The average Bonchev–Trinajstić information content (AvgIpc) is 2.75. The van der Waals surface area contributed by atoms with Gasteiger partial charge in [0.25, 0.3) is 0 Å². The van der Waals surface area contributed by atoms with Gasteiger partial charge in [0.05, 0.1) is 16.8 Å². The number of anilines is 2. The van der Waals surface area contributed by atoms with Crippen LogP contribution in [0.15, 0.2) is 53.4 Å². The lowest BCUT2D eigenvalue weighted by atomic mass is 10.2. The van der Waals surface area contributed by atoms with Gasteiger partial charge in [-0.05, 0) is 68.3 Å². The Labute approximate surface area is 194 Å². The molecule has 1 aliphatic rings. The SMILES string of the molecule is C[C@@H](C(=O)Nc1ccc(S(=O)(=O)N2CCCCC2)cc1)N(c1ccc(Cl)cc1)S(C)(=O)=O. The number of halogens is 1. The van der Waals surface area contributed by atoms with Crippen LogP contribution >= 0.6 is 11.6 Å². The number of benzene rings is 2. The molecule has 0 radical (unpaired) electrons. The highest BCUT2D eigenvalue weighted by Gasteiger charge is 2.30. The van der Waals surface area contributed by atoms with Gasteiger partial charge in [0.15, 0.2) is 0 Å². The van der Waals surface area contributed by atoms with Crippen LogP contribution in [0.5, 0.6) is 0 Å². The lowest BCUT2D eigenvalue weighted by Gasteiger charge is -2.28. The standard InChI is InChI=1S/C21H26ClN3O5S2/c1-16(25(31(2,27)28)19-10-6-17(22)7-11-19)21(26)23-18-8-12-20(13-9-18)32(29,30)24-14-4-3-5-15-24/h6-13,16H,3-5,14-15H2,1-2H3,(H,23,26)/t16-/m0/s1. The third-order valence-electron chi connectivity index (χ3n) is 5.24. The molecule has 174 valence electrons. The molecule has 3 rings (SSSR count). The highest BCUT2D eigenvalue weighted by atomic mass is 35.5. The summed E-state index contributed by atoms with van der Waals surface area (Å²) in [5.41, 5.74) is 0.673. The second-order valence-electron chi connectivity index (χ2n) is 7.69. The summed E-state index contributed by atoms with van der Waals surface area (Å²) in [4.78, 5) is 13.0. The van der Waals surface area contributed by atoms with Gasteiger partial charge >= 0.3 is 0 Å². The van der Waals surface area contributed by atoms with Gasteiger partial charge in [0.1, 0.15) is 6.04 Å². The molecule has 0 saturated carbocycles. The Morgan fingerprint density at radius 1 is 0.969 bits per heavy atom. The number of nitrogens with zero attached hydrogens (tertiary/aromatic N) is 2. The Bertz CT molecular complexity index is 1160. The zero-order chi connectivity index (χ0) is 23.5. The first kappa shape index (κ1) is 24.5. The Hall–Kier alpha value is -2.14. The minimum atomic E-state index is -3.76. The van der Waals surface area contributed by atoms with Crippen molar-refractivity contribution in [3.8, 4) is 0 Å². The van der Waals surface area contributed by atoms with Crippen LogP contribution in [0, 0.1) is 0 Å². The van der Waals surface area contributed by atoms with Crippen LogP contribution in [-0.2, 0) is 24.8 Å². The fourth-order valence-corrected chi connectivity index (χ4v) is 6.43. The van der Waals surface area contributed by atoms with Gasteiger partial charge in [-0.15, -0.1) is 0 Å². The van der Waals surface area contributed by atoms with Gasteiger partial charge in [-0.25, -0.2) is 16.8 Å². The predicted molar refractivity (Wildman–Crippen MR) is 126 cm³/mol. The summed E-state index contributed by atoms with van der Waals surface area (Å²) in [6.07, 6.45) is 3.73. The molecular weight excluding hydrogens is 474 g/mol. The van der Waals surface area contributed by atoms with Crippen LogP contribution in [0.1, 0.15) is 26.2 Å². The van der Waals surface area contributed by atoms with Gasteiger partial charge in [0.2, 0.25) is 26.0 Å². The first-order valence-electron chi connectivity index (χ1n) is 10.2. The van der Waals surface area contributed by atoms with E-state index < -0.39 is 32.0 Å². The van der Waals surface area contributed by atoms with E-state index in [2.05, 4.69) is 5.32 Å². The number of piperidine rings is 1. The van der Waals surface area contributed by atoms with Crippen molar-refractivity contribution < 1.29 is 21.6 Å². The lowest BCUT2D eigenvalue weighted by molar-refractivity contribution is -0.116. The Morgan fingerprint density at radius 3 is 2.06 bits per heavy atom. The van der Waals surface area contributed by atoms with E-state index in [0.717, 1.165) is 29.8 Å². The molecule has 32 heavy (non-hydrogen) atoms. The summed E-state index contributed by atoms with van der Waals surface area (Å²) in [6.45, 7) is 2.48. The summed E-state index contributed by atoms with van der Waals surface area (Å²) in [5.74, 6) is -0.558. The van der Waals surface area contributed by atoms with E-state index in [9.17, 15) is 21.6 Å². The van der Waals surface area contributed by atoms with E-state index in [1.54, 1.807) is 12.1 Å². The molecule has 1 atom stereocenters. The second-order valence-corrected chi connectivity index (χ2v) is 11.9. The molecule has 0 unspecified atom stereocenters. The molecule has 11 heteroatoms. The molecule has 1 heterocycles. The maximum atomic E-state index is 12.8. The Kier molecular flexibility index (Phi) is 7.49. The van der Waals surface area contributed by atoms with Gasteiger partial charge in [0, 0.05) is 23.8 Å². The Morgan fingerprint density at radius 2 is 1.53 bits per heavy atom. The molecule has 2 aromatic rings. The monoisotopic (exact) mass is 499 g/mol. The minimum absolute atomic E-state index is 0.157. The molecule has 0 aromatic heterocycles. The highest BCUT2D eigenvalue weighted by Crippen LogP contribution is 2.25. The van der Waals surface area contributed by atoms with Gasteiger partial charge in [-0.2, -0.15) is 4.31 Å². The third-order valence-corrected chi connectivity index (χ3v) is 8.65. The molecule has 1 aliphatic heterocycles. The van der Waals surface area contributed by atoms with Crippen molar-refractivity contribution in [3.63, 3.8) is 0 Å². The number of hydrogen-bond acceptors (Lipinski definition) is 5. The quantitative estimate of drug-likeness (QED) is 0.629. The molecular formula is C21H26ClN3O5S2. The van der Waals surface area contributed by atoms with Crippen LogP contribution < -0.4 is 9.62 Å². The van der Waals surface area contributed by atoms with Gasteiger partial charge in [-0.3, -0.25) is 9.10 Å². The zero-order valence-electron chi connectivity index (χ0n) is 17.9. The van der Waals surface area contributed by atoms with E-state index in [-0.39, 0.29) is 4.90 Å². The molecule has 1 fully saturated rings. The molecule has 0 bridgehead atoms. The second kappa shape index (κ2) is 9.78. The van der Waals surface area contributed by atoms with Crippen LogP contribution in [0.3, 0.4) is 0 Å². The van der Waals surface area contributed by atoms with Crippen molar-refractivity contribution in [2.24, 2.45) is 0 Å². The number of amides is 1. The molecule has 0 aliphatic carbocycles. The normalized spacial score (nSPS) is 16.3. The topological polar surface area (TPSA) is 104 Å². The number of hydrogen-bond donors (Lipinski definition) is 1. The van der Waals surface area contributed by atoms with Crippen LogP contribution in [0.4, 0.5) is 11.4 Å². The predicted octanol–water partition coefficient (Wildman–Crippen LogP) is 3.31. The fraction of sp³-hybridized carbons (Fsp3) is 0.381. The van der Waals surface area contributed by atoms with Crippen LogP contribution in [0.25, 0.3) is 0 Å². The van der Waals surface area contributed by atoms with Gasteiger partial charge < -0.3 is 5.32 Å². The molecule has 0 spiro atoms. The van der Waals surface area contributed by atoms with Crippen LogP contribution in [0.2, 0.25) is 5.02 Å². The maximum absolute atomic E-state index is 12.8. The number of carbonyl (C=O) groups excluding carboxylic acids is 1. The number of carbonyl (C=O) groups is 1. The van der Waals surface area contributed by atoms with Crippen molar-refractivity contribution in [2.75, 3.05) is 29.0 Å². The molecule has 1 amide bonds. The Balaban J connectivity index is 1.76. The summed E-state index contributed by atoms with van der Waals surface area (Å²) in [6, 6.07) is 10.9. The molecule has 8 nitrogen and oxygen atoms in total. The van der Waals surface area contributed by atoms with E-state index in [1.165, 1.54) is 47.6 Å². The van der Waals surface area contributed by atoms with Crippen molar-refractivity contribution in [3.05, 3.63) is 53.6 Å². The highest BCUT2D eigenvalue weighted by molar-refractivity contribution is 7.92. The fourth-order valence-electron chi connectivity index (χ4n) is 3.61. The zero-order valence-corrected chi connectivity index (χ0v) is 20.3. The van der Waals surface area contributed by atoms with E-state index >= 15 is 0 Å². The minimum Gasteiger partial charge on any atom is -0.324 e. The first-order chi connectivity index (χ1) is 15.0. The molecule has 1 N–H and O–H groups in total. The largest absolute Gasteiger partial charge is 0.324 e. The molecule has 2 aromatic carbocycles. The molecule has 1 saturated heterocycles. The summed E-state index contributed by atoms with van der Waals surface area (Å²) < 4.78 is 52.7. The van der Waals surface area contributed by atoms with Crippen molar-refractivity contribution in [1.29, 1.82) is 0 Å². The smallest absolute Gasteiger partial charge is 0.247 e. The maximum Gasteiger partial charge on any atom is 0.247 e. The van der Waals surface area contributed by atoms with Crippen molar-refractivity contribution in [1.82, 2.24) is 4.31 Å². The number of sulfonamides is 2. The van der Waals surface area contributed by atoms with Gasteiger partial charge in [-0.1, -0.05) is 18.0 Å². The lowest BCUT2D eigenvalue weighted by Crippen LogP contribution is -2.45. The van der Waals surface area contributed by atoms with E-state index in [1.807, 2.05) is 0 Å². The number of nitrogens with one attached hydrogen (secondary N) is 1. The summed E-state index contributed by atoms with van der Waals surface area (Å²) in [5, 5.41) is 3.10. The average molecular weight is 500 g/mol. The van der Waals surface area contributed by atoms with E-state index in [0.29, 0.717) is 29.5 Å². The number of rotatable bonds is 7. The summed E-state index contributed by atoms with van der Waals surface area (Å²) in [7, 11) is -7.33. The third kappa shape index (κ3) is 5.61. The first-order valence-corrected chi connectivity index (χ1v) is 13.8.